The Morgan fingerprint density at radius 2 is 2.17 bits per heavy atom. The van der Waals surface area contributed by atoms with Crippen molar-refractivity contribution in [3.63, 3.8) is 0 Å². The van der Waals surface area contributed by atoms with Crippen molar-refractivity contribution in [2.24, 2.45) is 0 Å². The molecule has 3 heteroatoms. The second-order valence-corrected chi connectivity index (χ2v) is 5.36. The summed E-state index contributed by atoms with van der Waals surface area (Å²) in [6.45, 7) is 1.05. The minimum atomic E-state index is 0. The first kappa shape index (κ1) is 13.7. The van der Waals surface area contributed by atoms with Gasteiger partial charge in [-0.3, -0.25) is 0 Å². The van der Waals surface area contributed by atoms with Gasteiger partial charge in [0, 0.05) is 17.9 Å². The van der Waals surface area contributed by atoms with E-state index in [1.807, 2.05) is 7.05 Å². The summed E-state index contributed by atoms with van der Waals surface area (Å²) in [7, 11) is 2.02. The molecule has 100 valence electrons. The van der Waals surface area contributed by atoms with Crippen molar-refractivity contribution in [1.29, 1.82) is 0 Å². The third-order valence-electron chi connectivity index (χ3n) is 4.38. The lowest BCUT2D eigenvalue weighted by molar-refractivity contribution is 0.0281. The molecule has 0 amide bonds. The predicted octanol–water partition coefficient (Wildman–Crippen LogP) is 3.51. The zero-order chi connectivity index (χ0) is 11.7. The van der Waals surface area contributed by atoms with Crippen LogP contribution in [-0.2, 0) is 0 Å². The molecule has 0 spiro atoms. The van der Waals surface area contributed by atoms with Crippen molar-refractivity contribution in [3.05, 3.63) is 29.8 Å². The number of halogens is 1. The van der Waals surface area contributed by atoms with E-state index in [0.717, 1.165) is 18.7 Å². The average molecular weight is 268 g/mol. The highest BCUT2D eigenvalue weighted by molar-refractivity contribution is 5.85. The van der Waals surface area contributed by atoms with Crippen molar-refractivity contribution < 1.29 is 4.74 Å². The Morgan fingerprint density at radius 3 is 3.00 bits per heavy atom. The van der Waals surface area contributed by atoms with Crippen molar-refractivity contribution >= 4 is 12.4 Å². The highest BCUT2D eigenvalue weighted by Crippen LogP contribution is 2.53. The number of fused-ring (bicyclic) bond motifs is 3. The largest absolute Gasteiger partial charge is 0.486 e. The van der Waals surface area contributed by atoms with E-state index in [1.54, 1.807) is 0 Å². The van der Waals surface area contributed by atoms with Crippen LogP contribution in [0.25, 0.3) is 0 Å². The van der Waals surface area contributed by atoms with E-state index in [2.05, 4.69) is 29.6 Å². The Kier molecular flexibility index (Phi) is 4.18. The molecular weight excluding hydrogens is 246 g/mol. The number of benzene rings is 1. The molecule has 0 unspecified atom stereocenters. The van der Waals surface area contributed by atoms with Crippen molar-refractivity contribution in [1.82, 2.24) is 5.32 Å². The van der Waals surface area contributed by atoms with Crippen LogP contribution in [0.5, 0.6) is 5.75 Å². The van der Waals surface area contributed by atoms with Gasteiger partial charge in [-0.2, -0.15) is 0 Å². The van der Waals surface area contributed by atoms with Gasteiger partial charge in [-0.1, -0.05) is 24.6 Å². The normalized spacial score (nSPS) is 28.8. The van der Waals surface area contributed by atoms with E-state index in [4.69, 9.17) is 4.74 Å². The monoisotopic (exact) mass is 267 g/mol. The molecule has 1 fully saturated rings. The molecule has 18 heavy (non-hydrogen) atoms. The number of ether oxygens (including phenoxy) is 1. The van der Waals surface area contributed by atoms with Gasteiger partial charge in [0.05, 0.1) is 0 Å². The van der Waals surface area contributed by atoms with Crippen LogP contribution >= 0.6 is 12.4 Å². The molecular formula is C15H22ClNO. The van der Waals surface area contributed by atoms with Crippen molar-refractivity contribution in [2.45, 2.75) is 43.6 Å². The Morgan fingerprint density at radius 1 is 1.33 bits per heavy atom. The van der Waals surface area contributed by atoms with Crippen LogP contribution in [0.3, 0.4) is 0 Å². The predicted molar refractivity (Wildman–Crippen MR) is 76.8 cm³/mol. The van der Waals surface area contributed by atoms with E-state index in [-0.39, 0.29) is 18.0 Å². The van der Waals surface area contributed by atoms with E-state index in [1.165, 1.54) is 31.2 Å². The molecule has 1 N–H and O–H groups in total. The van der Waals surface area contributed by atoms with E-state index < -0.39 is 0 Å². The van der Waals surface area contributed by atoms with Gasteiger partial charge in [-0.15, -0.1) is 12.4 Å². The second-order valence-electron chi connectivity index (χ2n) is 5.36. The van der Waals surface area contributed by atoms with Gasteiger partial charge in [-0.05, 0) is 38.9 Å². The van der Waals surface area contributed by atoms with Crippen LogP contribution in [0, 0.1) is 0 Å². The Balaban J connectivity index is 0.00000120. The maximum atomic E-state index is 6.36. The van der Waals surface area contributed by atoms with Crippen LogP contribution in [-0.4, -0.2) is 19.2 Å². The molecule has 0 radical (unpaired) electrons. The quantitative estimate of drug-likeness (QED) is 0.905. The first-order valence-electron chi connectivity index (χ1n) is 6.78. The fourth-order valence-corrected chi connectivity index (χ4v) is 3.54. The first-order chi connectivity index (χ1) is 8.36. The van der Waals surface area contributed by atoms with Crippen molar-refractivity contribution in [2.75, 3.05) is 13.6 Å². The Bertz CT molecular complexity index is 409. The van der Waals surface area contributed by atoms with Crippen LogP contribution in [0.2, 0.25) is 0 Å². The molecule has 2 atom stereocenters. The molecule has 1 heterocycles. The van der Waals surface area contributed by atoms with Crippen LogP contribution in [0.1, 0.15) is 43.6 Å². The van der Waals surface area contributed by atoms with Crippen molar-refractivity contribution in [3.8, 4) is 5.75 Å². The second kappa shape index (κ2) is 5.50. The number of hydrogen-bond acceptors (Lipinski definition) is 2. The zero-order valence-electron chi connectivity index (χ0n) is 10.9. The lowest BCUT2D eigenvalue weighted by Crippen LogP contribution is -2.42. The van der Waals surface area contributed by atoms with E-state index in [9.17, 15) is 0 Å². The lowest BCUT2D eigenvalue weighted by atomic mass is 9.72. The van der Waals surface area contributed by atoms with Crippen LogP contribution < -0.4 is 10.1 Å². The zero-order valence-corrected chi connectivity index (χ0v) is 11.8. The molecule has 2 nitrogen and oxygen atoms in total. The van der Waals surface area contributed by atoms with Gasteiger partial charge in [0.15, 0.2) is 0 Å². The standard InChI is InChI=1S/C15H21NO.ClH/c1-16-11-10-15-9-5-4-7-13(15)12-6-2-3-8-14(12)17-15;/h2-3,6,8,13,16H,4-5,7,9-11H2,1H3;1H/t13-,15+;/m1./s1. The smallest absolute Gasteiger partial charge is 0.123 e. The summed E-state index contributed by atoms with van der Waals surface area (Å²) in [5.41, 5.74) is 1.54. The van der Waals surface area contributed by atoms with Gasteiger partial charge >= 0.3 is 0 Å². The minimum absolute atomic E-state index is 0. The Labute approximate surface area is 116 Å². The minimum Gasteiger partial charge on any atom is -0.486 e. The Hall–Kier alpha value is -0.730. The summed E-state index contributed by atoms with van der Waals surface area (Å²) >= 11 is 0. The van der Waals surface area contributed by atoms with Crippen LogP contribution in [0.15, 0.2) is 24.3 Å². The number of rotatable bonds is 3. The molecule has 0 aromatic heterocycles. The number of hydrogen-bond donors (Lipinski definition) is 1. The summed E-state index contributed by atoms with van der Waals surface area (Å²) in [6.07, 6.45) is 6.30. The molecule has 1 aliphatic carbocycles. The molecule has 1 aliphatic heterocycles. The third kappa shape index (κ3) is 2.12. The fraction of sp³-hybridized carbons (Fsp3) is 0.600. The average Bonchev–Trinajstić information content (AvgIpc) is 2.71. The summed E-state index contributed by atoms with van der Waals surface area (Å²) in [4.78, 5) is 0. The van der Waals surface area contributed by atoms with E-state index in [0.29, 0.717) is 5.92 Å². The summed E-state index contributed by atoms with van der Waals surface area (Å²) in [6, 6.07) is 8.62. The maximum absolute atomic E-state index is 6.36. The molecule has 0 saturated heterocycles. The molecule has 0 bridgehead atoms. The summed E-state index contributed by atoms with van der Waals surface area (Å²) < 4.78 is 6.36. The fourth-order valence-electron chi connectivity index (χ4n) is 3.54. The molecule has 1 aromatic carbocycles. The van der Waals surface area contributed by atoms with Gasteiger partial charge in [-0.25, -0.2) is 0 Å². The van der Waals surface area contributed by atoms with E-state index >= 15 is 0 Å². The topological polar surface area (TPSA) is 21.3 Å². The van der Waals surface area contributed by atoms with Crippen LogP contribution in [0.4, 0.5) is 0 Å². The first-order valence-corrected chi connectivity index (χ1v) is 6.78. The lowest BCUT2D eigenvalue weighted by Gasteiger charge is -2.38. The highest BCUT2D eigenvalue weighted by atomic mass is 35.5. The molecule has 3 rings (SSSR count). The van der Waals surface area contributed by atoms with Gasteiger partial charge < -0.3 is 10.1 Å². The van der Waals surface area contributed by atoms with Gasteiger partial charge in [0.1, 0.15) is 11.4 Å². The molecule has 1 saturated carbocycles. The van der Waals surface area contributed by atoms with Gasteiger partial charge in [0.2, 0.25) is 0 Å². The summed E-state index contributed by atoms with van der Waals surface area (Å²) in [5, 5.41) is 3.27. The summed E-state index contributed by atoms with van der Waals surface area (Å²) in [5.74, 6) is 1.76. The van der Waals surface area contributed by atoms with Gasteiger partial charge in [0.25, 0.3) is 0 Å². The SMILES string of the molecule is CNCC[C@@]12CCCC[C@@H]1c1ccccc1O2.Cl. The maximum Gasteiger partial charge on any atom is 0.123 e. The number of nitrogens with one attached hydrogen (secondary N) is 1. The highest BCUT2D eigenvalue weighted by Gasteiger charge is 2.48. The molecule has 2 aliphatic rings. The number of para-hydroxylation sites is 1. The molecule has 1 aromatic rings. The third-order valence-corrected chi connectivity index (χ3v) is 4.38.